The average molecular weight is 1380 g/mol. The Bertz CT molecular complexity index is 4340. The number of methoxy groups -OCH3 is 2. The van der Waals surface area contributed by atoms with E-state index in [2.05, 4.69) is 67.0 Å². The Labute approximate surface area is 551 Å². The maximum atomic E-state index is 13.5. The maximum Gasteiger partial charge on any atom is 0.425 e. The van der Waals surface area contributed by atoms with Crippen molar-refractivity contribution in [3.05, 3.63) is 105 Å². The second kappa shape index (κ2) is 34.4. The summed E-state index contributed by atoms with van der Waals surface area (Å²) in [6.45, 7) is 12.2. The minimum atomic E-state index is -5.11. The van der Waals surface area contributed by atoms with Crippen LogP contribution in [0.4, 0.5) is 73.3 Å². The number of aromatic nitrogens is 5. The van der Waals surface area contributed by atoms with Crippen LogP contribution in [0.5, 0.6) is 11.5 Å². The number of anilines is 9. The van der Waals surface area contributed by atoms with E-state index < -0.39 is 60.6 Å². The largest absolute Gasteiger partial charge is 0.494 e. The Morgan fingerprint density at radius 3 is 1.67 bits per heavy atom. The molecule has 0 spiro atoms. The molecule has 0 aliphatic heterocycles. The van der Waals surface area contributed by atoms with E-state index in [4.69, 9.17) is 32.8 Å². The van der Waals surface area contributed by atoms with Crippen molar-refractivity contribution in [2.75, 3.05) is 89.1 Å². The van der Waals surface area contributed by atoms with Gasteiger partial charge in [0.2, 0.25) is 39.5 Å². The van der Waals surface area contributed by atoms with Crippen LogP contribution in [0.1, 0.15) is 61.7 Å². The van der Waals surface area contributed by atoms with Gasteiger partial charge in [-0.15, -0.1) is 33.1 Å². The zero-order valence-electron chi connectivity index (χ0n) is 51.2. The minimum absolute atomic E-state index is 0.0111. The fraction of sp³-hybridized carbons (Fsp3) is 0.246. The smallest absolute Gasteiger partial charge is 0.425 e. The molecule has 0 unspecified atom stereocenters. The summed E-state index contributed by atoms with van der Waals surface area (Å²) >= 11 is 2.74. The number of carbonyl (C=O) groups excluding carboxylic acids is 6. The van der Waals surface area contributed by atoms with Gasteiger partial charge in [0.25, 0.3) is 11.8 Å². The first kappa shape index (κ1) is 72.7. The minimum Gasteiger partial charge on any atom is -0.494 e. The summed E-state index contributed by atoms with van der Waals surface area (Å²) < 4.78 is 72.9. The van der Waals surface area contributed by atoms with Crippen molar-refractivity contribution in [2.45, 2.75) is 51.7 Å². The first-order chi connectivity index (χ1) is 44.8. The number of aliphatic hydroxyl groups excluding tert-OH is 1. The second-order valence-corrected chi connectivity index (χ2v) is 23.6. The van der Waals surface area contributed by atoms with Gasteiger partial charge in [0, 0.05) is 72.9 Å². The molecule has 494 valence electrons. The van der Waals surface area contributed by atoms with Crippen molar-refractivity contribution in [3.63, 3.8) is 0 Å². The van der Waals surface area contributed by atoms with Crippen LogP contribution < -0.4 is 51.6 Å². The summed E-state index contributed by atoms with van der Waals surface area (Å²) in [6, 6.07) is 18.7. The Kier molecular flexibility index (Phi) is 26.6. The van der Waals surface area contributed by atoms with E-state index in [9.17, 15) is 46.8 Å². The number of nitrogens with zero attached hydrogens (tertiary/aromatic N) is 11. The fourth-order valence-electron chi connectivity index (χ4n) is 8.38. The molecule has 4 aromatic carbocycles. The number of Topliss-reactive ketones (excluding diaryl/α,β-unsaturated/α-hetero) is 2. The lowest BCUT2D eigenvalue weighted by molar-refractivity contribution is -0.120. The van der Waals surface area contributed by atoms with Crippen molar-refractivity contribution in [2.24, 2.45) is 26.2 Å². The third-order valence-electron chi connectivity index (χ3n) is 12.6. The molecule has 0 saturated carbocycles. The predicted octanol–water partition coefficient (Wildman–Crippen LogP) is 9.03. The molecule has 3 aromatic heterocycles. The maximum absolute atomic E-state index is 13.5. The van der Waals surface area contributed by atoms with Gasteiger partial charge in [-0.25, -0.2) is 9.97 Å². The van der Waals surface area contributed by atoms with E-state index >= 15 is 0 Å². The fourth-order valence-corrected chi connectivity index (χ4v) is 11.4. The molecule has 9 N–H and O–H groups in total. The SMILES string of the molecule is CCN(CC)c1cc(Nc2nc(Nc3cc(N(CC)CC)c(OC)cc3N=Nc3nc(S(=O)(=O)O)c(/C=C(/C(C)=O)C(=O)Nc4cccc(C(N)=O)c4)s3)nc(SCCO)n2)c(N=Nc2ncc(/C=C(\C(C)=O)C(=O)Nc3cccc(NC=O)c3)s2)cc1OC.O=S(=O)=O. The number of primary amides is 1. The first-order valence-corrected chi connectivity index (χ1v) is 32.7. The molecule has 0 aliphatic carbocycles. The zero-order valence-corrected chi connectivity index (χ0v) is 55.3. The summed E-state index contributed by atoms with van der Waals surface area (Å²) in [5.41, 5.74) is 7.78. The lowest BCUT2D eigenvalue weighted by Crippen LogP contribution is -2.22. The van der Waals surface area contributed by atoms with Gasteiger partial charge in [0.05, 0.1) is 64.5 Å². The molecule has 7 rings (SSSR count). The number of ketones is 2. The number of thiazole rings is 2. The molecule has 94 heavy (non-hydrogen) atoms. The van der Waals surface area contributed by atoms with Gasteiger partial charge in [0.15, 0.2) is 16.7 Å². The predicted molar refractivity (Wildman–Crippen MR) is 355 cm³/mol. The van der Waals surface area contributed by atoms with Gasteiger partial charge in [-0.05, 0) is 102 Å². The number of amides is 4. The molecule has 0 saturated heterocycles. The van der Waals surface area contributed by atoms with Gasteiger partial charge in [0.1, 0.15) is 22.9 Å². The topological polar surface area (TPSA) is 453 Å². The Hall–Kier alpha value is -10.3. The Morgan fingerprint density at radius 2 is 1.19 bits per heavy atom. The summed E-state index contributed by atoms with van der Waals surface area (Å²) in [5.74, 6) is -2.83. The van der Waals surface area contributed by atoms with Crippen molar-refractivity contribution < 1.29 is 68.9 Å². The zero-order chi connectivity index (χ0) is 68.8. The van der Waals surface area contributed by atoms with E-state index in [1.54, 1.807) is 42.5 Å². The molecule has 0 fully saturated rings. The van der Waals surface area contributed by atoms with Crippen molar-refractivity contribution in [3.8, 4) is 11.5 Å². The van der Waals surface area contributed by atoms with Gasteiger partial charge < -0.3 is 56.7 Å². The normalized spacial score (nSPS) is 11.5. The number of thioether (sulfide) groups is 1. The number of ether oxygens (including phenoxy) is 2. The van der Waals surface area contributed by atoms with Crippen molar-refractivity contribution in [1.82, 2.24) is 24.9 Å². The van der Waals surface area contributed by atoms with E-state index in [0.717, 1.165) is 36.1 Å². The number of aliphatic hydroxyl groups is 1. The summed E-state index contributed by atoms with van der Waals surface area (Å²) in [6.07, 6.45) is 4.24. The van der Waals surface area contributed by atoms with Crippen molar-refractivity contribution >= 4 is 176 Å². The molecule has 0 atom stereocenters. The molecule has 7 aromatic rings. The van der Waals surface area contributed by atoms with Gasteiger partial charge in [-0.3, -0.25) is 33.3 Å². The van der Waals surface area contributed by atoms with Crippen LogP contribution in [0.25, 0.3) is 12.2 Å². The average Bonchev–Trinajstić information content (AvgIpc) is 1.15. The first-order valence-electron chi connectivity index (χ1n) is 27.7. The standard InChI is InChI=1S/C57H61N17O12S4.O3S/c1-9-73(10-2)44-25-40(42(27-46(44)85-7)69-71-55-59-29-37(88-55)23-38(31(5)77)50(80)62-36-18-14-16-34(22-36)60-30-76)63-53-66-54(68-56(67-53)87-20-19-75)64-41-26-45(74(11-3)12-4)47(86-8)28-43(41)70-72-57-65-52(90(82,83)84)48(89-57)24-39(32(6)78)51(81)61-35-17-13-15-33(21-35)49(58)79;1-4(2)3/h13-18,21-30,75H,9-12,19-20H2,1-8H3,(H2,58,79)(H,60,76)(H,61,81)(H,62,80)(H,82,83,84)(H2,63,64,66,67,68);/b38-23+,39-24-,71-69?,72-70?;. The lowest BCUT2D eigenvalue weighted by atomic mass is 10.1. The quantitative estimate of drug-likeness (QED) is 0.00382. The van der Waals surface area contributed by atoms with Gasteiger partial charge >= 0.3 is 20.7 Å². The van der Waals surface area contributed by atoms with Crippen LogP contribution in [0.15, 0.2) is 121 Å². The van der Waals surface area contributed by atoms with E-state index in [0.29, 0.717) is 88.7 Å². The molecule has 3 heterocycles. The number of azo groups is 2. The third kappa shape index (κ3) is 20.3. The summed E-state index contributed by atoms with van der Waals surface area (Å²) in [4.78, 5) is 102. The van der Waals surface area contributed by atoms with E-state index in [-0.39, 0.29) is 78.4 Å². The van der Waals surface area contributed by atoms with Crippen LogP contribution in [0.2, 0.25) is 0 Å². The van der Waals surface area contributed by atoms with Crippen LogP contribution in [0.3, 0.4) is 0 Å². The van der Waals surface area contributed by atoms with Gasteiger partial charge in [-0.1, -0.05) is 46.6 Å². The Morgan fingerprint density at radius 1 is 0.691 bits per heavy atom. The second-order valence-electron chi connectivity index (χ2n) is 18.7. The van der Waals surface area contributed by atoms with E-state index in [1.165, 1.54) is 63.7 Å². The molecule has 4 amide bonds. The number of nitrogens with two attached hydrogens (primary N) is 1. The van der Waals surface area contributed by atoms with Crippen LogP contribution in [0, 0.1) is 0 Å². The summed E-state index contributed by atoms with van der Waals surface area (Å²) in [5, 5.41) is 40.8. The highest BCUT2D eigenvalue weighted by Crippen LogP contribution is 2.43. The molecule has 0 radical (unpaired) electrons. The highest BCUT2D eigenvalue weighted by molar-refractivity contribution is 7.99. The highest BCUT2D eigenvalue weighted by Gasteiger charge is 2.26. The molecular weight excluding hydrogens is 1320 g/mol. The number of hydrogen-bond donors (Lipinski definition) is 8. The number of hydrogen-bond acceptors (Lipinski definition) is 30. The summed E-state index contributed by atoms with van der Waals surface area (Å²) in [7, 11) is -5.25. The van der Waals surface area contributed by atoms with E-state index in [1.807, 2.05) is 37.5 Å². The highest BCUT2D eigenvalue weighted by atomic mass is 32.2. The Balaban J connectivity index is 0.00000340. The van der Waals surface area contributed by atoms with Crippen molar-refractivity contribution in [1.29, 1.82) is 0 Å². The number of nitrogens with one attached hydrogen (secondary N) is 5. The van der Waals surface area contributed by atoms with Crippen LogP contribution in [-0.2, 0) is 44.7 Å². The number of benzene rings is 4. The third-order valence-corrected chi connectivity index (χ3v) is 16.1. The molecule has 0 aliphatic rings. The van der Waals surface area contributed by atoms with Crippen LogP contribution in [-0.4, -0.2) is 144 Å². The molecule has 37 heteroatoms. The number of carbonyl (C=O) groups is 6. The molecule has 0 bridgehead atoms. The van der Waals surface area contributed by atoms with Gasteiger partial charge in [-0.2, -0.15) is 23.4 Å². The molecule has 32 nitrogen and oxygen atoms in total. The lowest BCUT2D eigenvalue weighted by Gasteiger charge is -2.25. The number of rotatable bonds is 31. The van der Waals surface area contributed by atoms with Crippen LogP contribution >= 0.6 is 34.4 Å². The monoisotopic (exact) mass is 1380 g/mol. The molecular formula is C57H61N17O15S5.